The SMILES string of the molecule is CC.Cc1cc([C@H]2CCCN(C(=O)c3ccc4occc4c3)C2)n2ncnc2n1. The molecule has 7 heteroatoms. The van der Waals surface area contributed by atoms with Crippen LogP contribution in [0.15, 0.2) is 47.3 Å². The van der Waals surface area contributed by atoms with E-state index in [1.807, 2.05) is 49.9 Å². The van der Waals surface area contributed by atoms with Gasteiger partial charge in [-0.25, -0.2) is 9.50 Å². The molecule has 3 aromatic heterocycles. The summed E-state index contributed by atoms with van der Waals surface area (Å²) >= 11 is 0. The molecule has 1 aromatic carbocycles. The number of aromatic nitrogens is 4. The lowest BCUT2D eigenvalue weighted by molar-refractivity contribution is 0.0705. The van der Waals surface area contributed by atoms with E-state index in [1.165, 1.54) is 6.33 Å². The van der Waals surface area contributed by atoms with E-state index in [0.29, 0.717) is 17.9 Å². The zero-order valence-corrected chi connectivity index (χ0v) is 17.0. The number of hydrogen-bond acceptors (Lipinski definition) is 5. The molecule has 1 aliphatic rings. The lowest BCUT2D eigenvalue weighted by Gasteiger charge is -2.33. The fourth-order valence-corrected chi connectivity index (χ4v) is 3.94. The van der Waals surface area contributed by atoms with Crippen molar-refractivity contribution in [3.63, 3.8) is 0 Å². The molecule has 1 fully saturated rings. The second kappa shape index (κ2) is 8.03. The normalized spacial score (nSPS) is 16.7. The number of carbonyl (C=O) groups is 1. The number of carbonyl (C=O) groups excluding carboxylic acids is 1. The molecule has 4 aromatic rings. The van der Waals surface area contributed by atoms with Crippen LogP contribution >= 0.6 is 0 Å². The fourth-order valence-electron chi connectivity index (χ4n) is 3.94. The quantitative estimate of drug-likeness (QED) is 0.511. The molecule has 0 saturated carbocycles. The van der Waals surface area contributed by atoms with Gasteiger partial charge in [-0.3, -0.25) is 4.79 Å². The first-order valence-electron chi connectivity index (χ1n) is 10.1. The molecule has 0 unspecified atom stereocenters. The summed E-state index contributed by atoms with van der Waals surface area (Å²) in [5, 5.41) is 5.27. The first-order valence-corrected chi connectivity index (χ1v) is 10.1. The van der Waals surface area contributed by atoms with Gasteiger partial charge in [-0.1, -0.05) is 13.8 Å². The zero-order chi connectivity index (χ0) is 20.4. The maximum absolute atomic E-state index is 13.1. The standard InChI is InChI=1S/C20H19N5O2.C2H6/c1-13-9-17(25-20(23-13)21-12-22-25)16-3-2-7-24(11-16)19(26)15-4-5-18-14(10-15)6-8-27-18;1-2/h4-6,8-10,12,16H,2-3,7,11H2,1H3;1-2H3/t16-;/m0./s1. The molecule has 0 bridgehead atoms. The number of hydrogen-bond donors (Lipinski definition) is 0. The van der Waals surface area contributed by atoms with Crippen molar-refractivity contribution in [3.8, 4) is 0 Å². The Kier molecular flexibility index (Phi) is 5.29. The predicted molar refractivity (Wildman–Crippen MR) is 111 cm³/mol. The van der Waals surface area contributed by atoms with Crippen LogP contribution in [0.25, 0.3) is 16.7 Å². The number of amides is 1. The smallest absolute Gasteiger partial charge is 0.253 e. The van der Waals surface area contributed by atoms with Gasteiger partial charge in [-0.2, -0.15) is 10.1 Å². The molecule has 1 saturated heterocycles. The Labute approximate surface area is 169 Å². The molecule has 4 heterocycles. The van der Waals surface area contributed by atoms with E-state index in [4.69, 9.17) is 4.42 Å². The summed E-state index contributed by atoms with van der Waals surface area (Å²) in [7, 11) is 0. The lowest BCUT2D eigenvalue weighted by Crippen LogP contribution is -2.39. The number of fused-ring (bicyclic) bond motifs is 2. The van der Waals surface area contributed by atoms with Crippen molar-refractivity contribution >= 4 is 22.7 Å². The number of piperidine rings is 1. The van der Waals surface area contributed by atoms with E-state index in [9.17, 15) is 4.79 Å². The monoisotopic (exact) mass is 391 g/mol. The highest BCUT2D eigenvalue weighted by atomic mass is 16.3. The molecule has 0 N–H and O–H groups in total. The van der Waals surface area contributed by atoms with Crippen molar-refractivity contribution in [2.75, 3.05) is 13.1 Å². The number of rotatable bonds is 2. The number of likely N-dealkylation sites (tertiary alicyclic amines) is 1. The summed E-state index contributed by atoms with van der Waals surface area (Å²) < 4.78 is 7.17. The number of nitrogens with zero attached hydrogens (tertiary/aromatic N) is 5. The lowest BCUT2D eigenvalue weighted by atomic mass is 9.93. The number of aryl methyl sites for hydroxylation is 1. The van der Waals surface area contributed by atoms with Gasteiger partial charge in [0.05, 0.1) is 12.0 Å². The molecule has 5 rings (SSSR count). The predicted octanol–water partition coefficient (Wildman–Crippen LogP) is 4.22. The second-order valence-electron chi connectivity index (χ2n) is 7.06. The summed E-state index contributed by atoms with van der Waals surface area (Å²) in [4.78, 5) is 23.6. The highest BCUT2D eigenvalue weighted by molar-refractivity contribution is 5.97. The van der Waals surface area contributed by atoms with Crippen molar-refractivity contribution < 1.29 is 9.21 Å². The van der Waals surface area contributed by atoms with Crippen LogP contribution in [0.1, 0.15) is 54.4 Å². The molecule has 29 heavy (non-hydrogen) atoms. The Morgan fingerprint density at radius 1 is 1.21 bits per heavy atom. The largest absolute Gasteiger partial charge is 0.464 e. The zero-order valence-electron chi connectivity index (χ0n) is 17.0. The van der Waals surface area contributed by atoms with Gasteiger partial charge in [0.25, 0.3) is 11.7 Å². The van der Waals surface area contributed by atoms with Crippen molar-refractivity contribution in [2.24, 2.45) is 0 Å². The molecular weight excluding hydrogens is 366 g/mol. The van der Waals surface area contributed by atoms with Gasteiger partial charge in [0.2, 0.25) is 0 Å². The minimum Gasteiger partial charge on any atom is -0.464 e. The van der Waals surface area contributed by atoms with Gasteiger partial charge in [0.1, 0.15) is 11.9 Å². The first-order chi connectivity index (χ1) is 14.2. The van der Waals surface area contributed by atoms with Crippen LogP contribution in [0.5, 0.6) is 0 Å². The Balaban J connectivity index is 0.000000994. The van der Waals surface area contributed by atoms with E-state index in [1.54, 1.807) is 10.8 Å². The Bertz CT molecular complexity index is 1150. The van der Waals surface area contributed by atoms with Crippen LogP contribution in [-0.4, -0.2) is 43.5 Å². The van der Waals surface area contributed by atoms with E-state index in [-0.39, 0.29) is 11.8 Å². The van der Waals surface area contributed by atoms with Crippen molar-refractivity contribution in [2.45, 2.75) is 39.5 Å². The van der Waals surface area contributed by atoms with Crippen LogP contribution in [0.2, 0.25) is 0 Å². The molecule has 0 aliphatic carbocycles. The van der Waals surface area contributed by atoms with Crippen molar-refractivity contribution in [1.29, 1.82) is 0 Å². The van der Waals surface area contributed by atoms with Gasteiger partial charge >= 0.3 is 0 Å². The fraction of sp³-hybridized carbons (Fsp3) is 0.364. The Morgan fingerprint density at radius 3 is 2.93 bits per heavy atom. The summed E-state index contributed by atoms with van der Waals surface area (Å²) in [6, 6.07) is 9.53. The van der Waals surface area contributed by atoms with E-state index < -0.39 is 0 Å². The minimum atomic E-state index is 0.0587. The number of furan rings is 1. The molecule has 1 atom stereocenters. The van der Waals surface area contributed by atoms with Gasteiger partial charge < -0.3 is 9.32 Å². The average Bonchev–Trinajstić information content (AvgIpc) is 3.42. The molecule has 0 spiro atoms. The maximum Gasteiger partial charge on any atom is 0.253 e. The highest BCUT2D eigenvalue weighted by Gasteiger charge is 2.28. The van der Waals surface area contributed by atoms with Gasteiger partial charge in [-0.15, -0.1) is 0 Å². The van der Waals surface area contributed by atoms with Crippen LogP contribution in [0, 0.1) is 6.92 Å². The summed E-state index contributed by atoms with van der Waals surface area (Å²) in [6.07, 6.45) is 5.15. The molecule has 7 nitrogen and oxygen atoms in total. The summed E-state index contributed by atoms with van der Waals surface area (Å²) in [5.41, 5.74) is 3.47. The van der Waals surface area contributed by atoms with E-state index in [2.05, 4.69) is 21.1 Å². The molecule has 150 valence electrons. The van der Waals surface area contributed by atoms with Gasteiger partial charge in [0.15, 0.2) is 0 Å². The average molecular weight is 391 g/mol. The van der Waals surface area contributed by atoms with Crippen LogP contribution in [0.3, 0.4) is 0 Å². The molecule has 1 aliphatic heterocycles. The van der Waals surface area contributed by atoms with Crippen LogP contribution < -0.4 is 0 Å². The summed E-state index contributed by atoms with van der Waals surface area (Å²) in [6.45, 7) is 7.40. The second-order valence-corrected chi connectivity index (χ2v) is 7.06. The van der Waals surface area contributed by atoms with Crippen LogP contribution in [0.4, 0.5) is 0 Å². The van der Waals surface area contributed by atoms with E-state index >= 15 is 0 Å². The first kappa shape index (κ1) is 19.1. The van der Waals surface area contributed by atoms with E-state index in [0.717, 1.165) is 41.7 Å². The highest BCUT2D eigenvalue weighted by Crippen LogP contribution is 2.28. The Hall–Kier alpha value is -3.22. The third-order valence-corrected chi connectivity index (χ3v) is 5.23. The minimum absolute atomic E-state index is 0.0587. The topological polar surface area (TPSA) is 76.5 Å². The Morgan fingerprint density at radius 2 is 2.07 bits per heavy atom. The van der Waals surface area contributed by atoms with Crippen LogP contribution in [-0.2, 0) is 0 Å². The third kappa shape index (κ3) is 3.60. The van der Waals surface area contributed by atoms with Crippen molar-refractivity contribution in [1.82, 2.24) is 24.5 Å². The third-order valence-electron chi connectivity index (χ3n) is 5.23. The summed E-state index contributed by atoms with van der Waals surface area (Å²) in [5.74, 6) is 0.883. The van der Waals surface area contributed by atoms with Gasteiger partial charge in [0, 0.05) is 35.7 Å². The molecule has 1 amide bonds. The van der Waals surface area contributed by atoms with Crippen molar-refractivity contribution in [3.05, 3.63) is 59.9 Å². The molecule has 0 radical (unpaired) electrons. The maximum atomic E-state index is 13.1. The molecular formula is C22H25N5O2. The van der Waals surface area contributed by atoms with Gasteiger partial charge in [-0.05, 0) is 50.1 Å². The number of benzene rings is 1.